The van der Waals surface area contributed by atoms with Gasteiger partial charge in [-0.1, -0.05) is 13.0 Å². The SMILES string of the molecule is CCC(O)(CN)c1ccc(F)c(OCC2CC2)c1. The molecule has 0 amide bonds. The Morgan fingerprint density at radius 1 is 1.50 bits per heavy atom. The van der Waals surface area contributed by atoms with Crippen molar-refractivity contribution in [2.75, 3.05) is 13.2 Å². The molecular formula is C14H20FNO2. The Labute approximate surface area is 107 Å². The normalized spacial score (nSPS) is 18.4. The van der Waals surface area contributed by atoms with E-state index in [1.54, 1.807) is 12.1 Å². The fraction of sp³-hybridized carbons (Fsp3) is 0.571. The van der Waals surface area contributed by atoms with Crippen molar-refractivity contribution in [3.8, 4) is 5.75 Å². The highest BCUT2D eigenvalue weighted by atomic mass is 19.1. The van der Waals surface area contributed by atoms with Gasteiger partial charge in [0.15, 0.2) is 11.6 Å². The molecule has 1 aromatic rings. The Kier molecular flexibility index (Phi) is 3.88. The van der Waals surface area contributed by atoms with E-state index in [2.05, 4.69) is 0 Å². The minimum Gasteiger partial charge on any atom is -0.490 e. The molecule has 0 aliphatic heterocycles. The lowest BCUT2D eigenvalue weighted by Gasteiger charge is -2.26. The summed E-state index contributed by atoms with van der Waals surface area (Å²) in [7, 11) is 0. The Morgan fingerprint density at radius 2 is 2.22 bits per heavy atom. The molecule has 1 aromatic carbocycles. The van der Waals surface area contributed by atoms with Gasteiger partial charge in [-0.3, -0.25) is 0 Å². The third-order valence-electron chi connectivity index (χ3n) is 3.56. The highest BCUT2D eigenvalue weighted by Crippen LogP contribution is 2.32. The second kappa shape index (κ2) is 5.24. The third-order valence-corrected chi connectivity index (χ3v) is 3.56. The minimum absolute atomic E-state index is 0.108. The maximum Gasteiger partial charge on any atom is 0.165 e. The van der Waals surface area contributed by atoms with Crippen LogP contribution in [-0.4, -0.2) is 18.3 Å². The van der Waals surface area contributed by atoms with Crippen molar-refractivity contribution >= 4 is 0 Å². The zero-order valence-corrected chi connectivity index (χ0v) is 10.7. The molecule has 4 heteroatoms. The van der Waals surface area contributed by atoms with E-state index in [9.17, 15) is 9.50 Å². The molecule has 0 bridgehead atoms. The summed E-state index contributed by atoms with van der Waals surface area (Å²) in [6, 6.07) is 4.46. The number of halogens is 1. The average Bonchev–Trinajstić information content (AvgIpc) is 3.21. The van der Waals surface area contributed by atoms with Gasteiger partial charge in [0.1, 0.15) is 5.60 Å². The van der Waals surface area contributed by atoms with Crippen molar-refractivity contribution < 1.29 is 14.2 Å². The number of hydrogen-bond acceptors (Lipinski definition) is 3. The lowest BCUT2D eigenvalue weighted by Crippen LogP contribution is -2.34. The smallest absolute Gasteiger partial charge is 0.165 e. The van der Waals surface area contributed by atoms with Crippen LogP contribution in [0.4, 0.5) is 4.39 Å². The van der Waals surface area contributed by atoms with Gasteiger partial charge in [-0.15, -0.1) is 0 Å². The summed E-state index contributed by atoms with van der Waals surface area (Å²) >= 11 is 0. The van der Waals surface area contributed by atoms with Crippen LogP contribution in [0.3, 0.4) is 0 Å². The maximum atomic E-state index is 13.6. The molecule has 1 fully saturated rings. The molecule has 100 valence electrons. The van der Waals surface area contributed by atoms with Crippen molar-refractivity contribution in [1.82, 2.24) is 0 Å². The van der Waals surface area contributed by atoms with Gasteiger partial charge in [0.25, 0.3) is 0 Å². The van der Waals surface area contributed by atoms with Gasteiger partial charge in [0.2, 0.25) is 0 Å². The number of aliphatic hydroxyl groups is 1. The lowest BCUT2D eigenvalue weighted by molar-refractivity contribution is 0.0415. The first-order valence-corrected chi connectivity index (χ1v) is 6.44. The van der Waals surface area contributed by atoms with Crippen molar-refractivity contribution in [1.29, 1.82) is 0 Å². The summed E-state index contributed by atoms with van der Waals surface area (Å²) in [4.78, 5) is 0. The second-order valence-electron chi connectivity index (χ2n) is 4.99. The molecule has 0 aromatic heterocycles. The van der Waals surface area contributed by atoms with Crippen LogP contribution in [-0.2, 0) is 5.60 Å². The van der Waals surface area contributed by atoms with Crippen LogP contribution in [0.5, 0.6) is 5.75 Å². The van der Waals surface area contributed by atoms with Crippen LogP contribution in [0.25, 0.3) is 0 Å². The number of hydrogen-bond donors (Lipinski definition) is 2. The quantitative estimate of drug-likeness (QED) is 0.817. The van der Waals surface area contributed by atoms with E-state index >= 15 is 0 Å². The van der Waals surface area contributed by atoms with E-state index < -0.39 is 11.4 Å². The van der Waals surface area contributed by atoms with E-state index in [4.69, 9.17) is 10.5 Å². The Balaban J connectivity index is 2.18. The lowest BCUT2D eigenvalue weighted by atomic mass is 9.91. The molecule has 3 N–H and O–H groups in total. The Bertz CT molecular complexity index is 414. The van der Waals surface area contributed by atoms with Crippen LogP contribution >= 0.6 is 0 Å². The molecule has 0 spiro atoms. The fourth-order valence-corrected chi connectivity index (χ4v) is 1.86. The number of rotatable bonds is 6. The molecule has 1 aliphatic carbocycles. The third kappa shape index (κ3) is 2.82. The predicted octanol–water partition coefficient (Wildman–Crippen LogP) is 2.17. The van der Waals surface area contributed by atoms with Crippen molar-refractivity contribution in [3.63, 3.8) is 0 Å². The van der Waals surface area contributed by atoms with Crippen molar-refractivity contribution in [3.05, 3.63) is 29.6 Å². The van der Waals surface area contributed by atoms with Gasteiger partial charge < -0.3 is 15.6 Å². The number of nitrogens with two attached hydrogens (primary N) is 1. The highest BCUT2D eigenvalue weighted by Gasteiger charge is 2.27. The molecule has 3 nitrogen and oxygen atoms in total. The van der Waals surface area contributed by atoms with Crippen LogP contribution in [0.1, 0.15) is 31.7 Å². The molecule has 18 heavy (non-hydrogen) atoms. The monoisotopic (exact) mass is 253 g/mol. The van der Waals surface area contributed by atoms with Crippen LogP contribution in [0, 0.1) is 11.7 Å². The van der Waals surface area contributed by atoms with Gasteiger partial charge in [-0.2, -0.15) is 0 Å². The summed E-state index contributed by atoms with van der Waals surface area (Å²) in [5.41, 5.74) is 5.09. The van der Waals surface area contributed by atoms with Gasteiger partial charge >= 0.3 is 0 Å². The van der Waals surface area contributed by atoms with Crippen molar-refractivity contribution in [2.24, 2.45) is 11.7 Å². The summed E-state index contributed by atoms with van der Waals surface area (Å²) in [6.07, 6.45) is 2.79. The van der Waals surface area contributed by atoms with Crippen molar-refractivity contribution in [2.45, 2.75) is 31.8 Å². The first-order chi connectivity index (χ1) is 8.59. The Morgan fingerprint density at radius 3 is 2.78 bits per heavy atom. The second-order valence-corrected chi connectivity index (χ2v) is 4.99. The molecule has 0 radical (unpaired) electrons. The molecule has 1 aliphatic rings. The zero-order chi connectivity index (χ0) is 13.2. The van der Waals surface area contributed by atoms with Crippen LogP contribution < -0.4 is 10.5 Å². The average molecular weight is 253 g/mol. The zero-order valence-electron chi connectivity index (χ0n) is 10.7. The first-order valence-electron chi connectivity index (χ1n) is 6.44. The van der Waals surface area contributed by atoms with Gasteiger partial charge in [0.05, 0.1) is 6.61 Å². The minimum atomic E-state index is -1.11. The van der Waals surface area contributed by atoms with E-state index in [1.165, 1.54) is 6.07 Å². The summed E-state index contributed by atoms with van der Waals surface area (Å²) in [6.45, 7) is 2.51. The Hall–Kier alpha value is -1.13. The largest absolute Gasteiger partial charge is 0.490 e. The van der Waals surface area contributed by atoms with Gasteiger partial charge in [-0.25, -0.2) is 4.39 Å². The highest BCUT2D eigenvalue weighted by molar-refractivity contribution is 5.34. The molecule has 0 heterocycles. The van der Waals surface area contributed by atoms with E-state index in [0.29, 0.717) is 24.5 Å². The predicted molar refractivity (Wildman–Crippen MR) is 67.9 cm³/mol. The molecule has 1 saturated carbocycles. The van der Waals surface area contributed by atoms with Gasteiger partial charge in [-0.05, 0) is 42.9 Å². The van der Waals surface area contributed by atoms with Crippen LogP contribution in [0.15, 0.2) is 18.2 Å². The molecule has 1 atom stereocenters. The maximum absolute atomic E-state index is 13.6. The van der Waals surface area contributed by atoms with Crippen LogP contribution in [0.2, 0.25) is 0 Å². The topological polar surface area (TPSA) is 55.5 Å². The molecular weight excluding hydrogens is 233 g/mol. The molecule has 2 rings (SSSR count). The molecule has 1 unspecified atom stereocenters. The fourth-order valence-electron chi connectivity index (χ4n) is 1.86. The van der Waals surface area contributed by atoms with Gasteiger partial charge in [0, 0.05) is 6.54 Å². The standard InChI is InChI=1S/C14H20FNO2/c1-2-14(17,9-16)11-5-6-12(15)13(7-11)18-8-10-3-4-10/h5-7,10,17H,2-4,8-9,16H2,1H3. The summed E-state index contributed by atoms with van der Waals surface area (Å²) in [5, 5.41) is 10.3. The molecule has 0 saturated heterocycles. The van der Waals surface area contributed by atoms with E-state index in [0.717, 1.165) is 12.8 Å². The number of ether oxygens (including phenoxy) is 1. The summed E-state index contributed by atoms with van der Waals surface area (Å²) in [5.74, 6) is 0.377. The number of benzene rings is 1. The van der Waals surface area contributed by atoms with E-state index in [-0.39, 0.29) is 12.3 Å². The summed E-state index contributed by atoms with van der Waals surface area (Å²) < 4.78 is 19.1. The first kappa shape index (κ1) is 13.3. The van der Waals surface area contributed by atoms with E-state index in [1.807, 2.05) is 6.92 Å².